The van der Waals surface area contributed by atoms with Crippen LogP contribution in [-0.4, -0.2) is 18.5 Å². The Hall–Kier alpha value is -2.10. The lowest BCUT2D eigenvalue weighted by Crippen LogP contribution is -2.27. The summed E-state index contributed by atoms with van der Waals surface area (Å²) in [5.41, 5.74) is 2.48. The van der Waals surface area contributed by atoms with Crippen molar-refractivity contribution in [3.8, 4) is 0 Å². The fraction of sp³-hybridized carbons (Fsp3) is 0.697. The fourth-order valence-electron chi connectivity index (χ4n) is 5.08. The molecule has 0 aliphatic heterocycles. The molecule has 0 amide bonds. The van der Waals surface area contributed by atoms with Gasteiger partial charge >= 0.3 is 11.9 Å². The molecule has 1 aliphatic carbocycles. The summed E-state index contributed by atoms with van der Waals surface area (Å²) in [7, 11) is 0. The van der Waals surface area contributed by atoms with E-state index in [0.717, 1.165) is 31.3 Å². The Morgan fingerprint density at radius 3 is 2.19 bits per heavy atom. The Morgan fingerprint density at radius 1 is 0.973 bits per heavy atom. The van der Waals surface area contributed by atoms with Crippen molar-refractivity contribution >= 4 is 11.9 Å². The molecule has 1 rings (SSSR count). The predicted molar refractivity (Wildman–Crippen MR) is 155 cm³/mol. The summed E-state index contributed by atoms with van der Waals surface area (Å²) in [6.45, 7) is 10.6. The summed E-state index contributed by atoms with van der Waals surface area (Å²) < 4.78 is 10.4. The molecule has 0 bridgehead atoms. The molecule has 0 N–H and O–H groups in total. The van der Waals surface area contributed by atoms with Gasteiger partial charge in [0.1, 0.15) is 6.61 Å². The van der Waals surface area contributed by atoms with Crippen LogP contribution in [-0.2, 0) is 19.1 Å². The van der Waals surface area contributed by atoms with Crippen LogP contribution in [0.2, 0.25) is 0 Å². The largest absolute Gasteiger partial charge is 0.458 e. The van der Waals surface area contributed by atoms with Gasteiger partial charge in [-0.2, -0.15) is 0 Å². The van der Waals surface area contributed by atoms with Gasteiger partial charge in [-0.15, -0.1) is 0 Å². The molecule has 37 heavy (non-hydrogen) atoms. The first-order chi connectivity index (χ1) is 17.8. The highest BCUT2D eigenvalue weighted by atomic mass is 16.5. The number of ether oxygens (including phenoxy) is 2. The highest BCUT2D eigenvalue weighted by Crippen LogP contribution is 2.43. The van der Waals surface area contributed by atoms with Crippen molar-refractivity contribution in [2.24, 2.45) is 11.3 Å². The van der Waals surface area contributed by atoms with Crippen molar-refractivity contribution in [1.82, 2.24) is 0 Å². The molecule has 1 aliphatic rings. The number of rotatable bonds is 19. The van der Waals surface area contributed by atoms with Crippen molar-refractivity contribution < 1.29 is 19.1 Å². The summed E-state index contributed by atoms with van der Waals surface area (Å²) in [4.78, 5) is 23.4. The average Bonchev–Trinajstić information content (AvgIpc) is 2.84. The predicted octanol–water partition coefficient (Wildman–Crippen LogP) is 9.56. The molecular weight excluding hydrogens is 460 g/mol. The SMILES string of the molecule is CCCCCCCCCCCCC/C=C/C(=O)OCC(=C\CC1C(C)=CCCC1(C)C)/C=C/OC(C)=O. The maximum atomic E-state index is 12.2. The minimum absolute atomic E-state index is 0.162. The van der Waals surface area contributed by atoms with E-state index in [1.54, 1.807) is 12.2 Å². The van der Waals surface area contributed by atoms with Crippen LogP contribution in [0.5, 0.6) is 0 Å². The van der Waals surface area contributed by atoms with Crippen LogP contribution in [0.25, 0.3) is 0 Å². The maximum Gasteiger partial charge on any atom is 0.330 e. The van der Waals surface area contributed by atoms with Crippen molar-refractivity contribution in [3.05, 3.63) is 47.8 Å². The molecule has 210 valence electrons. The normalized spacial score (nSPS) is 17.8. The van der Waals surface area contributed by atoms with Crippen LogP contribution in [0.15, 0.2) is 47.8 Å². The van der Waals surface area contributed by atoms with E-state index >= 15 is 0 Å². The van der Waals surface area contributed by atoms with Crippen molar-refractivity contribution in [3.63, 3.8) is 0 Å². The Kier molecular flexibility index (Phi) is 17.7. The molecular formula is C33H54O4. The van der Waals surface area contributed by atoms with Gasteiger partial charge in [0.2, 0.25) is 0 Å². The molecule has 1 unspecified atom stereocenters. The smallest absolute Gasteiger partial charge is 0.330 e. The van der Waals surface area contributed by atoms with E-state index in [9.17, 15) is 9.59 Å². The molecule has 4 heteroatoms. The summed E-state index contributed by atoms with van der Waals surface area (Å²) in [5, 5.41) is 0. The Balaban J connectivity index is 2.36. The standard InChI is InChI=1S/C33H54O4/c1-6-7-8-9-10-11-12-13-14-15-16-17-18-21-32(35)37-27-30(24-26-36-29(3)34)22-23-31-28(2)20-19-25-33(31,4)5/h18,20-22,24,26,31H,6-17,19,23,25,27H2,1-5H3/b21-18+,26-24+,30-22-. The van der Waals surface area contributed by atoms with Gasteiger partial charge in [-0.3, -0.25) is 4.79 Å². The number of carbonyl (C=O) groups is 2. The third-order valence-electron chi connectivity index (χ3n) is 7.49. The van der Waals surface area contributed by atoms with E-state index in [1.165, 1.54) is 89.4 Å². The van der Waals surface area contributed by atoms with E-state index in [2.05, 4.69) is 39.8 Å². The van der Waals surface area contributed by atoms with E-state index in [4.69, 9.17) is 9.47 Å². The Labute approximate surface area is 227 Å². The molecule has 0 radical (unpaired) electrons. The molecule has 0 aromatic heterocycles. The minimum Gasteiger partial charge on any atom is -0.458 e. The van der Waals surface area contributed by atoms with Gasteiger partial charge in [-0.25, -0.2) is 4.79 Å². The van der Waals surface area contributed by atoms with E-state index in [0.29, 0.717) is 5.92 Å². The molecule has 0 saturated carbocycles. The van der Waals surface area contributed by atoms with Crippen LogP contribution in [0.3, 0.4) is 0 Å². The fourth-order valence-corrected chi connectivity index (χ4v) is 5.08. The molecule has 0 aromatic rings. The third kappa shape index (κ3) is 16.4. The van der Waals surface area contributed by atoms with E-state index in [-0.39, 0.29) is 24.0 Å². The lowest BCUT2D eigenvalue weighted by molar-refractivity contribution is -0.137. The second-order valence-corrected chi connectivity index (χ2v) is 11.3. The second-order valence-electron chi connectivity index (χ2n) is 11.3. The number of unbranched alkanes of at least 4 members (excludes halogenated alkanes) is 11. The lowest BCUT2D eigenvalue weighted by atomic mass is 9.67. The molecule has 0 aromatic carbocycles. The molecule has 1 atom stereocenters. The highest BCUT2D eigenvalue weighted by Gasteiger charge is 2.31. The van der Waals surface area contributed by atoms with Gasteiger partial charge in [0.05, 0.1) is 6.26 Å². The first-order valence-electron chi connectivity index (χ1n) is 14.8. The average molecular weight is 515 g/mol. The molecule has 0 fully saturated rings. The summed E-state index contributed by atoms with van der Waals surface area (Å²) in [6.07, 6.45) is 29.6. The first-order valence-corrected chi connectivity index (χ1v) is 14.8. The van der Waals surface area contributed by atoms with Crippen molar-refractivity contribution in [2.75, 3.05) is 6.61 Å². The number of carbonyl (C=O) groups excluding carboxylic acids is 2. The van der Waals surface area contributed by atoms with Gasteiger partial charge in [0.25, 0.3) is 0 Å². The van der Waals surface area contributed by atoms with Crippen LogP contribution in [0.4, 0.5) is 0 Å². The Morgan fingerprint density at radius 2 is 1.59 bits per heavy atom. The van der Waals surface area contributed by atoms with Gasteiger partial charge < -0.3 is 9.47 Å². The van der Waals surface area contributed by atoms with E-state index in [1.807, 2.05) is 6.08 Å². The number of hydrogen-bond acceptors (Lipinski definition) is 4. The summed E-state index contributed by atoms with van der Waals surface area (Å²) in [5.74, 6) is -0.256. The first kappa shape index (κ1) is 32.9. The van der Waals surface area contributed by atoms with Crippen molar-refractivity contribution in [1.29, 1.82) is 0 Å². The zero-order chi connectivity index (χ0) is 27.4. The quantitative estimate of drug-likeness (QED) is 0.0430. The van der Waals surface area contributed by atoms with Gasteiger partial charge in [0.15, 0.2) is 0 Å². The van der Waals surface area contributed by atoms with Gasteiger partial charge in [-0.1, -0.05) is 109 Å². The zero-order valence-corrected chi connectivity index (χ0v) is 24.5. The van der Waals surface area contributed by atoms with Crippen LogP contribution in [0.1, 0.15) is 131 Å². The second kappa shape index (κ2) is 19.9. The molecule has 0 heterocycles. The number of esters is 2. The molecule has 0 saturated heterocycles. The van der Waals surface area contributed by atoms with Crippen molar-refractivity contribution in [2.45, 2.75) is 131 Å². The topological polar surface area (TPSA) is 52.6 Å². The maximum absolute atomic E-state index is 12.2. The van der Waals surface area contributed by atoms with Crippen LogP contribution < -0.4 is 0 Å². The summed E-state index contributed by atoms with van der Waals surface area (Å²) >= 11 is 0. The lowest BCUT2D eigenvalue weighted by Gasteiger charge is -2.38. The zero-order valence-electron chi connectivity index (χ0n) is 24.5. The van der Waals surface area contributed by atoms with E-state index < -0.39 is 0 Å². The van der Waals surface area contributed by atoms with Crippen LogP contribution >= 0.6 is 0 Å². The highest BCUT2D eigenvalue weighted by molar-refractivity contribution is 5.82. The molecule has 0 spiro atoms. The monoisotopic (exact) mass is 514 g/mol. The molecule has 4 nitrogen and oxygen atoms in total. The third-order valence-corrected chi connectivity index (χ3v) is 7.49. The number of hydrogen-bond donors (Lipinski definition) is 0. The Bertz CT molecular complexity index is 769. The van der Waals surface area contributed by atoms with Gasteiger partial charge in [-0.05, 0) is 62.0 Å². The van der Waals surface area contributed by atoms with Crippen LogP contribution in [0, 0.1) is 11.3 Å². The minimum atomic E-state index is -0.370. The number of allylic oxidation sites excluding steroid dienone is 4. The summed E-state index contributed by atoms with van der Waals surface area (Å²) in [6, 6.07) is 0. The van der Waals surface area contributed by atoms with Gasteiger partial charge in [0, 0.05) is 13.0 Å².